The lowest BCUT2D eigenvalue weighted by Crippen LogP contribution is -2.09. The molecule has 0 fully saturated rings. The maximum absolute atomic E-state index is 13.0. The molecule has 80 valence electrons. The zero-order valence-electron chi connectivity index (χ0n) is 7.30. The molecule has 0 radical (unpaired) electrons. The van der Waals surface area contributed by atoms with Crippen LogP contribution >= 0.6 is 0 Å². The van der Waals surface area contributed by atoms with Gasteiger partial charge in [0.15, 0.2) is 11.6 Å². The second-order valence-electron chi connectivity index (χ2n) is 2.69. The molecular formula is C9H6F3NO2. The quantitative estimate of drug-likeness (QED) is 0.582. The summed E-state index contributed by atoms with van der Waals surface area (Å²) < 4.78 is 38.1. The lowest BCUT2D eigenvalue weighted by Gasteiger charge is -1.99. The molecule has 1 aromatic rings. The molecule has 6 heteroatoms. The first kappa shape index (κ1) is 11.1. The number of carboxylic acid groups (broad SMARTS) is 1. The number of benzene rings is 1. The summed E-state index contributed by atoms with van der Waals surface area (Å²) in [6.07, 6.45) is 0.709. The lowest BCUT2D eigenvalue weighted by molar-refractivity contribution is -0.132. The highest BCUT2D eigenvalue weighted by atomic mass is 19.2. The van der Waals surface area contributed by atoms with Gasteiger partial charge in [-0.1, -0.05) is 0 Å². The third-order valence-corrected chi connectivity index (χ3v) is 1.60. The Morgan fingerprint density at radius 1 is 1.20 bits per heavy atom. The average molecular weight is 217 g/mol. The topological polar surface area (TPSA) is 63.3 Å². The number of carboxylic acids is 1. The Labute approximate surface area is 82.6 Å². The van der Waals surface area contributed by atoms with E-state index in [-0.39, 0.29) is 0 Å². The van der Waals surface area contributed by atoms with Gasteiger partial charge in [-0.05, 0) is 12.1 Å². The van der Waals surface area contributed by atoms with Gasteiger partial charge < -0.3 is 10.8 Å². The molecular weight excluding hydrogens is 211 g/mol. The van der Waals surface area contributed by atoms with E-state index < -0.39 is 34.7 Å². The normalized spacial score (nSPS) is 11.5. The number of rotatable bonds is 2. The zero-order chi connectivity index (χ0) is 11.6. The fourth-order valence-electron chi connectivity index (χ4n) is 0.878. The number of hydrogen-bond acceptors (Lipinski definition) is 2. The Morgan fingerprint density at radius 3 is 2.27 bits per heavy atom. The zero-order valence-corrected chi connectivity index (χ0v) is 7.30. The molecule has 0 aliphatic carbocycles. The van der Waals surface area contributed by atoms with Crippen LogP contribution < -0.4 is 5.73 Å². The van der Waals surface area contributed by atoms with Gasteiger partial charge in [0.2, 0.25) is 0 Å². The van der Waals surface area contributed by atoms with Crippen molar-refractivity contribution in [2.45, 2.75) is 0 Å². The Kier molecular flexibility index (Phi) is 2.99. The van der Waals surface area contributed by atoms with Gasteiger partial charge in [0.25, 0.3) is 0 Å². The lowest BCUT2D eigenvalue weighted by atomic mass is 10.1. The molecule has 3 N–H and O–H groups in total. The van der Waals surface area contributed by atoms with E-state index in [1.807, 2.05) is 0 Å². The van der Waals surface area contributed by atoms with Gasteiger partial charge in [0.1, 0.15) is 11.5 Å². The van der Waals surface area contributed by atoms with Crippen molar-refractivity contribution in [3.8, 4) is 0 Å². The van der Waals surface area contributed by atoms with Crippen LogP contribution in [0.15, 0.2) is 17.8 Å². The second kappa shape index (κ2) is 4.04. The first-order chi connectivity index (χ1) is 6.91. The summed E-state index contributed by atoms with van der Waals surface area (Å²) in [4.78, 5) is 10.3. The summed E-state index contributed by atoms with van der Waals surface area (Å²) in [6, 6.07) is 0.844. The maximum atomic E-state index is 13.0. The Morgan fingerprint density at radius 2 is 1.73 bits per heavy atom. The van der Waals surface area contributed by atoms with Gasteiger partial charge in [-0.3, -0.25) is 0 Å². The van der Waals surface area contributed by atoms with E-state index in [1.165, 1.54) is 0 Å². The summed E-state index contributed by atoms with van der Waals surface area (Å²) in [7, 11) is 0. The molecule has 0 aliphatic heterocycles. The highest BCUT2D eigenvalue weighted by Gasteiger charge is 2.10. The van der Waals surface area contributed by atoms with E-state index in [4.69, 9.17) is 10.8 Å². The molecule has 0 atom stereocenters. The molecule has 0 aliphatic rings. The van der Waals surface area contributed by atoms with Gasteiger partial charge in [-0.25, -0.2) is 18.0 Å². The predicted octanol–water partition coefficient (Wildman–Crippen LogP) is 1.49. The summed E-state index contributed by atoms with van der Waals surface area (Å²) in [5, 5.41) is 8.37. The van der Waals surface area contributed by atoms with E-state index >= 15 is 0 Å². The summed E-state index contributed by atoms with van der Waals surface area (Å²) in [5.41, 5.74) is 3.90. The molecule has 1 aromatic carbocycles. The highest BCUT2D eigenvalue weighted by Crippen LogP contribution is 2.15. The fraction of sp³-hybridized carbons (Fsp3) is 0. The van der Waals surface area contributed by atoms with Crippen LogP contribution in [-0.2, 0) is 4.79 Å². The number of halogens is 3. The van der Waals surface area contributed by atoms with Gasteiger partial charge in [-0.15, -0.1) is 0 Å². The van der Waals surface area contributed by atoms with Crippen LogP contribution in [-0.4, -0.2) is 11.1 Å². The molecule has 0 unspecified atom stereocenters. The Bertz CT molecular complexity index is 443. The molecule has 0 saturated carbocycles. The first-order valence-electron chi connectivity index (χ1n) is 3.77. The van der Waals surface area contributed by atoms with Crippen molar-refractivity contribution in [3.05, 3.63) is 40.8 Å². The fourth-order valence-corrected chi connectivity index (χ4v) is 0.878. The van der Waals surface area contributed by atoms with Crippen molar-refractivity contribution in [2.24, 2.45) is 5.73 Å². The van der Waals surface area contributed by atoms with Crippen LogP contribution in [0.1, 0.15) is 5.56 Å². The monoisotopic (exact) mass is 217 g/mol. The van der Waals surface area contributed by atoms with Gasteiger partial charge in [0.05, 0.1) is 0 Å². The highest BCUT2D eigenvalue weighted by molar-refractivity contribution is 5.90. The van der Waals surface area contributed by atoms with E-state index in [2.05, 4.69) is 0 Å². The SMILES string of the molecule is N/C(=C/c1cc(F)c(F)cc1F)C(=O)O. The average Bonchev–Trinajstić information content (AvgIpc) is 2.13. The number of nitrogens with two attached hydrogens (primary N) is 1. The standard InChI is InChI=1S/C9H6F3NO2/c10-5-3-7(12)6(11)1-4(5)2-8(13)9(14)15/h1-3H,13H2,(H,14,15)/b8-2+. The van der Waals surface area contributed by atoms with Crippen molar-refractivity contribution in [3.63, 3.8) is 0 Å². The van der Waals surface area contributed by atoms with E-state index in [0.29, 0.717) is 18.2 Å². The minimum absolute atomic E-state index is 0.316. The van der Waals surface area contributed by atoms with E-state index in [9.17, 15) is 18.0 Å². The van der Waals surface area contributed by atoms with Crippen molar-refractivity contribution < 1.29 is 23.1 Å². The smallest absolute Gasteiger partial charge is 0.351 e. The molecule has 15 heavy (non-hydrogen) atoms. The number of carbonyl (C=O) groups is 1. The third kappa shape index (κ3) is 2.49. The van der Waals surface area contributed by atoms with Gasteiger partial charge in [0, 0.05) is 11.6 Å². The van der Waals surface area contributed by atoms with Crippen molar-refractivity contribution >= 4 is 12.0 Å². The van der Waals surface area contributed by atoms with E-state index in [1.54, 1.807) is 0 Å². The van der Waals surface area contributed by atoms with Gasteiger partial charge >= 0.3 is 5.97 Å². The predicted molar refractivity (Wildman–Crippen MR) is 46.1 cm³/mol. The Hall–Kier alpha value is -1.98. The van der Waals surface area contributed by atoms with Crippen molar-refractivity contribution in [1.29, 1.82) is 0 Å². The summed E-state index contributed by atoms with van der Waals surface area (Å²) in [5.74, 6) is -5.18. The molecule has 0 amide bonds. The van der Waals surface area contributed by atoms with Crippen molar-refractivity contribution in [2.75, 3.05) is 0 Å². The molecule has 0 spiro atoms. The van der Waals surface area contributed by atoms with Crippen LogP contribution in [0.5, 0.6) is 0 Å². The van der Waals surface area contributed by atoms with E-state index in [0.717, 1.165) is 0 Å². The molecule has 0 bridgehead atoms. The van der Waals surface area contributed by atoms with Crippen LogP contribution in [0.2, 0.25) is 0 Å². The number of aliphatic carboxylic acids is 1. The molecule has 0 aromatic heterocycles. The molecule has 3 nitrogen and oxygen atoms in total. The molecule has 0 saturated heterocycles. The summed E-state index contributed by atoms with van der Waals surface area (Å²) >= 11 is 0. The first-order valence-corrected chi connectivity index (χ1v) is 3.77. The minimum atomic E-state index is -1.47. The number of hydrogen-bond donors (Lipinski definition) is 2. The third-order valence-electron chi connectivity index (χ3n) is 1.60. The van der Waals surface area contributed by atoms with Crippen LogP contribution in [0, 0.1) is 17.5 Å². The minimum Gasteiger partial charge on any atom is -0.477 e. The largest absolute Gasteiger partial charge is 0.477 e. The van der Waals surface area contributed by atoms with Crippen molar-refractivity contribution in [1.82, 2.24) is 0 Å². The maximum Gasteiger partial charge on any atom is 0.351 e. The van der Waals surface area contributed by atoms with Crippen LogP contribution in [0.3, 0.4) is 0 Å². The van der Waals surface area contributed by atoms with Crippen LogP contribution in [0.4, 0.5) is 13.2 Å². The Balaban J connectivity index is 3.22. The molecule has 0 heterocycles. The molecule has 1 rings (SSSR count). The second-order valence-corrected chi connectivity index (χ2v) is 2.69. The van der Waals surface area contributed by atoms with Gasteiger partial charge in [-0.2, -0.15) is 0 Å². The van der Waals surface area contributed by atoms with Crippen LogP contribution in [0.25, 0.3) is 6.08 Å². The summed E-state index contributed by atoms with van der Waals surface area (Å²) in [6.45, 7) is 0.